The van der Waals surface area contributed by atoms with Crippen molar-refractivity contribution in [2.75, 3.05) is 0 Å². The van der Waals surface area contributed by atoms with E-state index in [2.05, 4.69) is 4.98 Å². The number of hydrogen-bond donors (Lipinski definition) is 1. The van der Waals surface area contributed by atoms with E-state index in [0.717, 1.165) is 0 Å². The first-order valence-electron chi connectivity index (χ1n) is 7.24. The second-order valence-electron chi connectivity index (χ2n) is 5.34. The van der Waals surface area contributed by atoms with Crippen LogP contribution in [0.1, 0.15) is 10.5 Å². The van der Waals surface area contributed by atoms with Gasteiger partial charge in [0.05, 0.1) is 35.8 Å². The number of benzene rings is 2. The Morgan fingerprint density at radius 1 is 0.667 bits per heavy atom. The molecule has 0 aliphatic heterocycles. The molecule has 3 nitrogen and oxygen atoms in total. The van der Waals surface area contributed by atoms with E-state index in [1.807, 2.05) is 0 Å². The summed E-state index contributed by atoms with van der Waals surface area (Å²) in [7, 11) is 0. The molecule has 1 aromatic heterocycles. The summed E-state index contributed by atoms with van der Waals surface area (Å²) in [5, 5.41) is 10.8. The van der Waals surface area contributed by atoms with Gasteiger partial charge in [0.15, 0.2) is 5.69 Å². The molecule has 0 radical (unpaired) electrons. The molecule has 0 unspecified atom stereocenters. The second-order valence-corrected chi connectivity index (χ2v) is 7.67. The first-order chi connectivity index (χ1) is 12.7. The number of carboxylic acids is 1. The van der Waals surface area contributed by atoms with Crippen LogP contribution in [0.15, 0.2) is 36.4 Å². The number of hydrogen-bond acceptors (Lipinski definition) is 2. The van der Waals surface area contributed by atoms with E-state index >= 15 is 0 Å². The van der Waals surface area contributed by atoms with Gasteiger partial charge in [0, 0.05) is 16.7 Å². The lowest BCUT2D eigenvalue weighted by Gasteiger charge is -2.12. The maximum Gasteiger partial charge on any atom is 0.355 e. The Balaban J connectivity index is 2.22. The van der Waals surface area contributed by atoms with Gasteiger partial charge in [-0.1, -0.05) is 75.7 Å². The first-order valence-corrected chi connectivity index (χ1v) is 9.51. The Morgan fingerprint density at radius 3 is 1.70 bits per heavy atom. The summed E-state index contributed by atoms with van der Waals surface area (Å²) >= 11 is 36.5. The average Bonchev–Trinajstić information content (AvgIpc) is 2.64. The molecule has 0 fully saturated rings. The van der Waals surface area contributed by atoms with Crippen molar-refractivity contribution in [2.24, 2.45) is 0 Å². The molecule has 2 aromatic carbocycles. The van der Waals surface area contributed by atoms with Gasteiger partial charge in [0.25, 0.3) is 0 Å². The normalized spacial score (nSPS) is 10.9. The number of pyridine rings is 1. The number of halogens is 6. The van der Waals surface area contributed by atoms with E-state index in [1.54, 1.807) is 30.3 Å². The topological polar surface area (TPSA) is 50.2 Å². The third kappa shape index (κ3) is 3.86. The van der Waals surface area contributed by atoms with E-state index in [9.17, 15) is 9.90 Å². The van der Waals surface area contributed by atoms with E-state index in [4.69, 9.17) is 69.6 Å². The highest BCUT2D eigenvalue weighted by Gasteiger charge is 2.20. The van der Waals surface area contributed by atoms with E-state index < -0.39 is 5.97 Å². The second kappa shape index (κ2) is 8.04. The van der Waals surface area contributed by atoms with Crippen molar-refractivity contribution in [1.29, 1.82) is 0 Å². The molecule has 0 bridgehead atoms. The van der Waals surface area contributed by atoms with E-state index in [0.29, 0.717) is 16.8 Å². The summed E-state index contributed by atoms with van der Waals surface area (Å²) in [6.07, 6.45) is 0. The predicted octanol–water partition coefficient (Wildman–Crippen LogP) is 8.03. The fraction of sp³-hybridized carbons (Fsp3) is 0. The molecule has 0 spiro atoms. The highest BCUT2D eigenvalue weighted by Crippen LogP contribution is 2.41. The Morgan fingerprint density at radius 2 is 1.15 bits per heavy atom. The van der Waals surface area contributed by atoms with Crippen molar-refractivity contribution in [3.05, 3.63) is 72.2 Å². The van der Waals surface area contributed by atoms with Gasteiger partial charge < -0.3 is 5.11 Å². The third-order valence-electron chi connectivity index (χ3n) is 3.73. The van der Waals surface area contributed by atoms with Crippen LogP contribution in [-0.2, 0) is 0 Å². The van der Waals surface area contributed by atoms with E-state index in [-0.39, 0.29) is 41.4 Å². The molecule has 3 rings (SSSR count). The van der Waals surface area contributed by atoms with Crippen LogP contribution in [0.25, 0.3) is 22.4 Å². The van der Waals surface area contributed by atoms with Gasteiger partial charge in [0.1, 0.15) is 0 Å². The van der Waals surface area contributed by atoms with E-state index in [1.165, 1.54) is 6.07 Å². The lowest BCUT2D eigenvalue weighted by atomic mass is 10.0. The van der Waals surface area contributed by atoms with Crippen LogP contribution in [0, 0.1) is 0 Å². The number of aromatic carboxylic acids is 1. The lowest BCUT2D eigenvalue weighted by Crippen LogP contribution is -2.05. The van der Waals surface area contributed by atoms with Gasteiger partial charge in [0.2, 0.25) is 0 Å². The summed E-state index contributed by atoms with van der Waals surface area (Å²) in [4.78, 5) is 16.0. The lowest BCUT2D eigenvalue weighted by molar-refractivity contribution is 0.0691. The first kappa shape index (κ1) is 20.5. The Hall–Kier alpha value is -1.20. The fourth-order valence-electron chi connectivity index (χ4n) is 2.45. The molecular formula is C18H7Cl6NO2. The molecule has 3 aromatic rings. The molecular weight excluding hydrogens is 475 g/mol. The van der Waals surface area contributed by atoms with Crippen molar-refractivity contribution < 1.29 is 9.90 Å². The summed E-state index contributed by atoms with van der Waals surface area (Å²) in [6, 6.07) is 9.43. The molecule has 0 amide bonds. The largest absolute Gasteiger partial charge is 0.476 e. The van der Waals surface area contributed by atoms with Gasteiger partial charge in [-0.05, 0) is 30.3 Å². The average molecular weight is 482 g/mol. The number of carboxylic acid groups (broad SMARTS) is 1. The Bertz CT molecular complexity index is 1080. The zero-order valence-corrected chi connectivity index (χ0v) is 17.6. The monoisotopic (exact) mass is 479 g/mol. The number of nitrogens with zero attached hydrogens (tertiary/aromatic N) is 1. The van der Waals surface area contributed by atoms with Crippen molar-refractivity contribution in [3.8, 4) is 22.4 Å². The molecule has 0 atom stereocenters. The standard InChI is InChI=1S/C18H7Cl6NO2/c19-10-4-1-7(13(21)15(10)23)8-3-6-12(25-17(8)18(26)27)9-2-5-11(20)16(24)14(9)22/h1-6H,(H,26,27). The number of carbonyl (C=O) groups is 1. The van der Waals surface area contributed by atoms with Crippen LogP contribution in [0.2, 0.25) is 30.1 Å². The Labute approximate surface area is 184 Å². The van der Waals surface area contributed by atoms with Crippen LogP contribution in [0.3, 0.4) is 0 Å². The summed E-state index contributed by atoms with van der Waals surface area (Å²) < 4.78 is 0. The quantitative estimate of drug-likeness (QED) is 0.385. The maximum absolute atomic E-state index is 11.8. The molecule has 0 saturated heterocycles. The van der Waals surface area contributed by atoms with Crippen molar-refractivity contribution in [3.63, 3.8) is 0 Å². The van der Waals surface area contributed by atoms with Crippen molar-refractivity contribution in [1.82, 2.24) is 4.98 Å². The Kier molecular flexibility index (Phi) is 6.11. The van der Waals surface area contributed by atoms with Gasteiger partial charge in [-0.3, -0.25) is 0 Å². The highest BCUT2D eigenvalue weighted by atomic mass is 35.5. The van der Waals surface area contributed by atoms with Crippen molar-refractivity contribution in [2.45, 2.75) is 0 Å². The zero-order chi connectivity index (χ0) is 19.9. The number of rotatable bonds is 3. The number of aromatic nitrogens is 1. The van der Waals surface area contributed by atoms with Crippen LogP contribution in [0.4, 0.5) is 0 Å². The molecule has 9 heteroatoms. The smallest absolute Gasteiger partial charge is 0.355 e. The molecule has 138 valence electrons. The van der Waals surface area contributed by atoms with Crippen LogP contribution >= 0.6 is 69.6 Å². The predicted molar refractivity (Wildman–Crippen MR) is 112 cm³/mol. The summed E-state index contributed by atoms with van der Waals surface area (Å²) in [5.41, 5.74) is 1.21. The SMILES string of the molecule is O=C(O)c1nc(-c2ccc(Cl)c(Cl)c2Cl)ccc1-c1ccc(Cl)c(Cl)c1Cl. The molecule has 0 aliphatic carbocycles. The van der Waals surface area contributed by atoms with Gasteiger partial charge in [-0.2, -0.15) is 0 Å². The molecule has 27 heavy (non-hydrogen) atoms. The minimum absolute atomic E-state index is 0.128. The highest BCUT2D eigenvalue weighted by molar-refractivity contribution is 6.50. The van der Waals surface area contributed by atoms with Crippen molar-refractivity contribution >= 4 is 75.6 Å². The summed E-state index contributed by atoms with van der Waals surface area (Å²) in [6.45, 7) is 0. The third-order valence-corrected chi connectivity index (χ3v) is 6.32. The van der Waals surface area contributed by atoms with Crippen LogP contribution < -0.4 is 0 Å². The van der Waals surface area contributed by atoms with Gasteiger partial charge in [-0.15, -0.1) is 0 Å². The minimum Gasteiger partial charge on any atom is -0.476 e. The minimum atomic E-state index is -1.25. The molecule has 1 N–H and O–H groups in total. The molecule has 0 saturated carbocycles. The fourth-order valence-corrected chi connectivity index (χ4v) is 3.72. The molecule has 0 aliphatic rings. The maximum atomic E-state index is 11.8. The van der Waals surface area contributed by atoms with Crippen LogP contribution in [0.5, 0.6) is 0 Å². The van der Waals surface area contributed by atoms with Crippen LogP contribution in [-0.4, -0.2) is 16.1 Å². The van der Waals surface area contributed by atoms with Gasteiger partial charge in [-0.25, -0.2) is 9.78 Å². The zero-order valence-electron chi connectivity index (χ0n) is 13.0. The summed E-state index contributed by atoms with van der Waals surface area (Å²) in [5.74, 6) is -1.25. The molecule has 1 heterocycles. The van der Waals surface area contributed by atoms with Gasteiger partial charge >= 0.3 is 5.97 Å².